The van der Waals surface area contributed by atoms with Gasteiger partial charge in [0, 0.05) is 6.54 Å². The number of nitrogens with zero attached hydrogens (tertiary/aromatic N) is 1. The van der Waals surface area contributed by atoms with Crippen molar-refractivity contribution in [2.45, 2.75) is 13.0 Å². The Labute approximate surface area is 126 Å². The third-order valence-electron chi connectivity index (χ3n) is 3.38. The minimum atomic E-state index is -0.486. The van der Waals surface area contributed by atoms with Gasteiger partial charge in [-0.05, 0) is 43.8 Å². The summed E-state index contributed by atoms with van der Waals surface area (Å²) < 4.78 is 5.78. The minimum absolute atomic E-state index is 0.303. The van der Waals surface area contributed by atoms with Crippen molar-refractivity contribution < 1.29 is 9.84 Å². The van der Waals surface area contributed by atoms with Crippen LogP contribution in [0, 0.1) is 6.92 Å². The zero-order chi connectivity index (χ0) is 15.2. The van der Waals surface area contributed by atoms with E-state index in [2.05, 4.69) is 25.1 Å². The maximum Gasteiger partial charge on any atom is 0.122 e. The van der Waals surface area contributed by atoms with E-state index < -0.39 is 6.10 Å². The van der Waals surface area contributed by atoms with E-state index in [-0.39, 0.29) is 0 Å². The fourth-order valence-electron chi connectivity index (χ4n) is 2.36. The number of benzene rings is 2. The Kier molecular flexibility index (Phi) is 5.37. The average molecular weight is 285 g/mol. The Morgan fingerprint density at radius 3 is 2.43 bits per heavy atom. The Balaban J connectivity index is 2.12. The van der Waals surface area contributed by atoms with Crippen LogP contribution in [0.4, 0.5) is 0 Å². The van der Waals surface area contributed by atoms with Gasteiger partial charge < -0.3 is 14.7 Å². The molecule has 0 spiro atoms. The second kappa shape index (κ2) is 7.25. The molecule has 112 valence electrons. The van der Waals surface area contributed by atoms with E-state index in [0.29, 0.717) is 13.2 Å². The lowest BCUT2D eigenvalue weighted by atomic mass is 10.00. The molecule has 0 aliphatic rings. The minimum Gasteiger partial charge on any atom is -0.491 e. The van der Waals surface area contributed by atoms with Gasteiger partial charge in [0.05, 0.1) is 0 Å². The number of likely N-dealkylation sites (N-methyl/N-ethyl adjacent to an activating group) is 1. The van der Waals surface area contributed by atoms with Crippen molar-refractivity contribution >= 4 is 0 Å². The van der Waals surface area contributed by atoms with E-state index >= 15 is 0 Å². The zero-order valence-corrected chi connectivity index (χ0v) is 12.9. The summed E-state index contributed by atoms with van der Waals surface area (Å²) in [7, 11) is 3.87. The highest BCUT2D eigenvalue weighted by Crippen LogP contribution is 2.29. The van der Waals surface area contributed by atoms with Gasteiger partial charge in [0.1, 0.15) is 18.5 Å². The molecular formula is C18H23NO2. The second-order valence-electron chi connectivity index (χ2n) is 5.52. The molecule has 0 fully saturated rings. The fraction of sp³-hybridized carbons (Fsp3) is 0.333. The first-order chi connectivity index (χ1) is 10.1. The molecular weight excluding hydrogens is 262 g/mol. The van der Waals surface area contributed by atoms with Crippen molar-refractivity contribution in [3.05, 3.63) is 54.1 Å². The molecule has 21 heavy (non-hydrogen) atoms. The molecule has 0 heterocycles. The van der Waals surface area contributed by atoms with Crippen molar-refractivity contribution in [2.24, 2.45) is 0 Å². The molecule has 0 saturated heterocycles. The van der Waals surface area contributed by atoms with E-state index in [9.17, 15) is 5.11 Å². The third-order valence-corrected chi connectivity index (χ3v) is 3.38. The molecule has 0 amide bonds. The Morgan fingerprint density at radius 1 is 1.05 bits per heavy atom. The summed E-state index contributed by atoms with van der Waals surface area (Å²) in [5, 5.41) is 9.89. The first kappa shape index (κ1) is 15.5. The van der Waals surface area contributed by atoms with Crippen LogP contribution in [-0.4, -0.2) is 43.4 Å². The summed E-state index contributed by atoms with van der Waals surface area (Å²) >= 11 is 0. The molecule has 0 aromatic heterocycles. The predicted octanol–water partition coefficient (Wildman–Crippen LogP) is 2.96. The molecule has 3 heteroatoms. The third kappa shape index (κ3) is 4.31. The van der Waals surface area contributed by atoms with Crippen LogP contribution in [0.5, 0.6) is 5.75 Å². The lowest BCUT2D eigenvalue weighted by molar-refractivity contribution is 0.0828. The van der Waals surface area contributed by atoms with Crippen molar-refractivity contribution in [2.75, 3.05) is 27.2 Å². The number of rotatable bonds is 6. The summed E-state index contributed by atoms with van der Waals surface area (Å²) in [6.07, 6.45) is -0.486. The Morgan fingerprint density at radius 2 is 1.76 bits per heavy atom. The van der Waals surface area contributed by atoms with Gasteiger partial charge in [-0.25, -0.2) is 0 Å². The lowest BCUT2D eigenvalue weighted by Crippen LogP contribution is -2.30. The van der Waals surface area contributed by atoms with E-state index in [1.54, 1.807) is 0 Å². The van der Waals surface area contributed by atoms with Gasteiger partial charge in [0.15, 0.2) is 0 Å². The maximum absolute atomic E-state index is 9.89. The summed E-state index contributed by atoms with van der Waals surface area (Å²) in [6.45, 7) is 2.95. The molecule has 2 aromatic rings. The van der Waals surface area contributed by atoms with E-state index in [1.807, 2.05) is 49.3 Å². The summed E-state index contributed by atoms with van der Waals surface area (Å²) in [6, 6.07) is 16.3. The summed E-state index contributed by atoms with van der Waals surface area (Å²) in [4.78, 5) is 1.95. The Hall–Kier alpha value is -1.84. The molecule has 0 bridgehead atoms. The van der Waals surface area contributed by atoms with Gasteiger partial charge in [0.25, 0.3) is 0 Å². The van der Waals surface area contributed by atoms with Gasteiger partial charge in [-0.1, -0.05) is 42.5 Å². The first-order valence-electron chi connectivity index (χ1n) is 7.18. The molecule has 0 saturated carbocycles. The van der Waals surface area contributed by atoms with Gasteiger partial charge in [-0.15, -0.1) is 0 Å². The SMILES string of the molecule is Cc1c(OC[C@H](O)CN(C)C)cccc1-c1ccccc1. The van der Waals surface area contributed by atoms with Gasteiger partial charge in [-0.2, -0.15) is 0 Å². The summed E-state index contributed by atoms with van der Waals surface area (Å²) in [5.74, 6) is 0.828. The van der Waals surface area contributed by atoms with Crippen LogP contribution in [0.25, 0.3) is 11.1 Å². The molecule has 2 rings (SSSR count). The number of hydrogen-bond acceptors (Lipinski definition) is 3. The van der Waals surface area contributed by atoms with Crippen LogP contribution in [-0.2, 0) is 0 Å². The number of aliphatic hydroxyl groups is 1. The van der Waals surface area contributed by atoms with Gasteiger partial charge in [0.2, 0.25) is 0 Å². The number of aliphatic hydroxyl groups excluding tert-OH is 1. The number of ether oxygens (including phenoxy) is 1. The van der Waals surface area contributed by atoms with Crippen molar-refractivity contribution in [3.63, 3.8) is 0 Å². The molecule has 2 aromatic carbocycles. The van der Waals surface area contributed by atoms with E-state index in [4.69, 9.17) is 4.74 Å². The highest BCUT2D eigenvalue weighted by molar-refractivity contribution is 5.69. The highest BCUT2D eigenvalue weighted by Gasteiger charge is 2.10. The first-order valence-corrected chi connectivity index (χ1v) is 7.18. The van der Waals surface area contributed by atoms with Crippen LogP contribution >= 0.6 is 0 Å². The fourth-order valence-corrected chi connectivity index (χ4v) is 2.36. The zero-order valence-electron chi connectivity index (χ0n) is 12.9. The van der Waals surface area contributed by atoms with Gasteiger partial charge in [-0.3, -0.25) is 0 Å². The van der Waals surface area contributed by atoms with Crippen LogP contribution in [0.2, 0.25) is 0 Å². The second-order valence-corrected chi connectivity index (χ2v) is 5.52. The predicted molar refractivity (Wildman–Crippen MR) is 86.7 cm³/mol. The van der Waals surface area contributed by atoms with Crippen LogP contribution in [0.3, 0.4) is 0 Å². The smallest absolute Gasteiger partial charge is 0.122 e. The highest BCUT2D eigenvalue weighted by atomic mass is 16.5. The van der Waals surface area contributed by atoms with E-state index in [0.717, 1.165) is 16.9 Å². The van der Waals surface area contributed by atoms with Crippen LogP contribution in [0.1, 0.15) is 5.56 Å². The molecule has 1 N–H and O–H groups in total. The Bertz CT molecular complexity index is 567. The maximum atomic E-state index is 9.89. The van der Waals surface area contributed by atoms with Crippen LogP contribution in [0.15, 0.2) is 48.5 Å². The quantitative estimate of drug-likeness (QED) is 0.885. The number of hydrogen-bond donors (Lipinski definition) is 1. The summed E-state index contributed by atoms with van der Waals surface area (Å²) in [5.41, 5.74) is 3.44. The van der Waals surface area contributed by atoms with Gasteiger partial charge >= 0.3 is 0 Å². The largest absolute Gasteiger partial charge is 0.491 e. The standard InChI is InChI=1S/C18H23NO2/c1-14-17(15-8-5-4-6-9-15)10-7-11-18(14)21-13-16(20)12-19(2)3/h4-11,16,20H,12-13H2,1-3H3/t16-/m1/s1. The topological polar surface area (TPSA) is 32.7 Å². The molecule has 0 unspecified atom stereocenters. The van der Waals surface area contributed by atoms with Crippen molar-refractivity contribution in [3.8, 4) is 16.9 Å². The van der Waals surface area contributed by atoms with Crippen molar-refractivity contribution in [1.82, 2.24) is 4.90 Å². The monoisotopic (exact) mass is 285 g/mol. The molecule has 0 radical (unpaired) electrons. The van der Waals surface area contributed by atoms with Crippen LogP contribution < -0.4 is 4.74 Å². The molecule has 3 nitrogen and oxygen atoms in total. The lowest BCUT2D eigenvalue weighted by Gasteiger charge is -2.18. The molecule has 0 aliphatic carbocycles. The van der Waals surface area contributed by atoms with E-state index in [1.165, 1.54) is 5.56 Å². The normalized spacial score (nSPS) is 12.4. The van der Waals surface area contributed by atoms with Crippen molar-refractivity contribution in [1.29, 1.82) is 0 Å². The molecule has 0 aliphatic heterocycles. The average Bonchev–Trinajstić information content (AvgIpc) is 2.46. The molecule has 1 atom stereocenters.